The van der Waals surface area contributed by atoms with Crippen molar-refractivity contribution in [1.82, 2.24) is 0 Å². The summed E-state index contributed by atoms with van der Waals surface area (Å²) in [4.78, 5) is 21.2. The molecule has 1 aliphatic carbocycles. The summed E-state index contributed by atoms with van der Waals surface area (Å²) in [6, 6.07) is 3.94. The highest BCUT2D eigenvalue weighted by atomic mass is 16.6. The first-order valence-electron chi connectivity index (χ1n) is 6.84. The number of hydrogen-bond acceptors (Lipinski definition) is 5. The van der Waals surface area contributed by atoms with Crippen LogP contribution in [-0.4, -0.2) is 34.3 Å². The van der Waals surface area contributed by atoms with Crippen LogP contribution in [0.15, 0.2) is 18.2 Å². The number of aliphatic hydroxyl groups excluding tert-OH is 1. The van der Waals surface area contributed by atoms with Crippen molar-refractivity contribution in [2.45, 2.75) is 25.7 Å². The summed E-state index contributed by atoms with van der Waals surface area (Å²) >= 11 is 0. The Labute approximate surface area is 121 Å². The van der Waals surface area contributed by atoms with E-state index < -0.39 is 16.6 Å². The van der Waals surface area contributed by atoms with Gasteiger partial charge in [-0.25, -0.2) is 4.79 Å². The highest BCUT2D eigenvalue weighted by Gasteiger charge is 2.33. The zero-order valence-corrected chi connectivity index (χ0v) is 11.5. The van der Waals surface area contributed by atoms with Crippen LogP contribution in [0.2, 0.25) is 0 Å². The second kappa shape index (κ2) is 6.09. The van der Waals surface area contributed by atoms with Gasteiger partial charge >= 0.3 is 5.97 Å². The van der Waals surface area contributed by atoms with Crippen molar-refractivity contribution in [1.29, 1.82) is 0 Å². The summed E-state index contributed by atoms with van der Waals surface area (Å²) in [6.07, 6.45) is 4.00. The Morgan fingerprint density at radius 1 is 1.38 bits per heavy atom. The maximum atomic E-state index is 11.1. The lowest BCUT2D eigenvalue weighted by atomic mass is 9.87. The SMILES string of the molecule is O=C(O)c1cc(NCC2(CO)CCCC2)ccc1[N+](=O)[O-]. The summed E-state index contributed by atoms with van der Waals surface area (Å²) in [5.41, 5.74) is -0.427. The molecule has 7 heteroatoms. The van der Waals surface area contributed by atoms with E-state index in [1.165, 1.54) is 18.2 Å². The van der Waals surface area contributed by atoms with E-state index in [0.717, 1.165) is 25.7 Å². The first kappa shape index (κ1) is 15.2. The number of aliphatic hydroxyl groups is 1. The summed E-state index contributed by atoms with van der Waals surface area (Å²) < 4.78 is 0. The summed E-state index contributed by atoms with van der Waals surface area (Å²) in [5.74, 6) is -1.33. The van der Waals surface area contributed by atoms with E-state index in [0.29, 0.717) is 12.2 Å². The minimum absolute atomic E-state index is 0.0821. The van der Waals surface area contributed by atoms with Crippen molar-refractivity contribution in [3.8, 4) is 0 Å². The Hall–Kier alpha value is -2.15. The second-order valence-corrected chi connectivity index (χ2v) is 5.51. The van der Waals surface area contributed by atoms with E-state index >= 15 is 0 Å². The number of nitrogens with one attached hydrogen (secondary N) is 1. The molecular weight excluding hydrogens is 276 g/mol. The first-order chi connectivity index (χ1) is 9.97. The third-order valence-electron chi connectivity index (χ3n) is 4.09. The number of nitro groups is 1. The molecule has 7 nitrogen and oxygen atoms in total. The van der Waals surface area contributed by atoms with E-state index in [9.17, 15) is 20.0 Å². The molecule has 0 bridgehead atoms. The van der Waals surface area contributed by atoms with Gasteiger partial charge in [-0.15, -0.1) is 0 Å². The maximum absolute atomic E-state index is 11.1. The molecule has 1 aliphatic rings. The molecule has 2 rings (SSSR count). The topological polar surface area (TPSA) is 113 Å². The van der Waals surface area contributed by atoms with Gasteiger partial charge in [-0.05, 0) is 25.0 Å². The molecule has 114 valence electrons. The Morgan fingerprint density at radius 3 is 2.57 bits per heavy atom. The molecule has 0 heterocycles. The lowest BCUT2D eigenvalue weighted by molar-refractivity contribution is -0.385. The molecule has 0 aromatic heterocycles. The molecule has 0 spiro atoms. The molecule has 0 saturated heterocycles. The number of nitro benzene ring substituents is 1. The van der Waals surface area contributed by atoms with Crippen molar-refractivity contribution < 1.29 is 19.9 Å². The van der Waals surface area contributed by atoms with Crippen molar-refractivity contribution in [2.24, 2.45) is 5.41 Å². The van der Waals surface area contributed by atoms with Gasteiger partial charge in [0, 0.05) is 23.7 Å². The van der Waals surface area contributed by atoms with Crippen molar-refractivity contribution in [3.05, 3.63) is 33.9 Å². The fourth-order valence-corrected chi connectivity index (χ4v) is 2.78. The van der Waals surface area contributed by atoms with Crippen LogP contribution in [0.5, 0.6) is 0 Å². The lowest BCUT2D eigenvalue weighted by Crippen LogP contribution is -2.30. The number of nitrogens with zero attached hydrogens (tertiary/aromatic N) is 1. The first-order valence-corrected chi connectivity index (χ1v) is 6.84. The lowest BCUT2D eigenvalue weighted by Gasteiger charge is -2.27. The zero-order valence-electron chi connectivity index (χ0n) is 11.5. The van der Waals surface area contributed by atoms with Gasteiger partial charge in [0.25, 0.3) is 5.69 Å². The largest absolute Gasteiger partial charge is 0.477 e. The zero-order chi connectivity index (χ0) is 15.5. The number of aromatic carboxylic acids is 1. The second-order valence-electron chi connectivity index (χ2n) is 5.51. The number of benzene rings is 1. The predicted octanol–water partition coefficient (Wildman–Crippen LogP) is 2.26. The average molecular weight is 294 g/mol. The van der Waals surface area contributed by atoms with Gasteiger partial charge in [-0.1, -0.05) is 12.8 Å². The van der Waals surface area contributed by atoms with Crippen LogP contribution in [0.1, 0.15) is 36.0 Å². The van der Waals surface area contributed by atoms with Crippen LogP contribution in [-0.2, 0) is 0 Å². The van der Waals surface area contributed by atoms with E-state index in [1.807, 2.05) is 0 Å². The van der Waals surface area contributed by atoms with Crippen molar-refractivity contribution >= 4 is 17.3 Å². The molecule has 0 amide bonds. The monoisotopic (exact) mass is 294 g/mol. The molecule has 1 aromatic carbocycles. The molecule has 1 saturated carbocycles. The van der Waals surface area contributed by atoms with Gasteiger partial charge in [0.2, 0.25) is 0 Å². The van der Waals surface area contributed by atoms with Gasteiger partial charge in [-0.2, -0.15) is 0 Å². The Bertz CT molecular complexity index is 552. The quantitative estimate of drug-likeness (QED) is 0.548. The third-order valence-corrected chi connectivity index (χ3v) is 4.09. The van der Waals surface area contributed by atoms with E-state index in [4.69, 9.17) is 5.11 Å². The van der Waals surface area contributed by atoms with E-state index in [1.54, 1.807) is 0 Å². The van der Waals surface area contributed by atoms with Gasteiger partial charge in [-0.3, -0.25) is 10.1 Å². The van der Waals surface area contributed by atoms with Crippen LogP contribution >= 0.6 is 0 Å². The molecule has 3 N–H and O–H groups in total. The Morgan fingerprint density at radius 2 is 2.05 bits per heavy atom. The van der Waals surface area contributed by atoms with Crippen LogP contribution in [0.4, 0.5) is 11.4 Å². The summed E-state index contributed by atoms with van der Waals surface area (Å²) in [7, 11) is 0. The highest BCUT2D eigenvalue weighted by molar-refractivity contribution is 5.93. The molecule has 0 atom stereocenters. The Kier molecular flexibility index (Phi) is 4.42. The van der Waals surface area contributed by atoms with Crippen LogP contribution in [0.25, 0.3) is 0 Å². The number of rotatable bonds is 6. The smallest absolute Gasteiger partial charge is 0.342 e. The standard InChI is InChI=1S/C14H18N2O5/c17-9-14(5-1-2-6-14)8-15-10-3-4-12(16(20)21)11(7-10)13(18)19/h3-4,7,15,17H,1-2,5-6,8-9H2,(H,18,19). The van der Waals surface area contributed by atoms with Crippen molar-refractivity contribution in [3.63, 3.8) is 0 Å². The molecule has 21 heavy (non-hydrogen) atoms. The number of hydrogen-bond donors (Lipinski definition) is 3. The van der Waals surface area contributed by atoms with Crippen molar-refractivity contribution in [2.75, 3.05) is 18.5 Å². The molecule has 0 unspecified atom stereocenters. The Balaban J connectivity index is 2.15. The van der Waals surface area contributed by atoms with Crippen LogP contribution in [0.3, 0.4) is 0 Å². The highest BCUT2D eigenvalue weighted by Crippen LogP contribution is 2.37. The van der Waals surface area contributed by atoms with Gasteiger partial charge in [0.1, 0.15) is 5.56 Å². The van der Waals surface area contributed by atoms with E-state index in [2.05, 4.69) is 5.32 Å². The fraction of sp³-hybridized carbons (Fsp3) is 0.500. The molecule has 0 aliphatic heterocycles. The van der Waals surface area contributed by atoms with Gasteiger partial charge in [0.15, 0.2) is 0 Å². The van der Waals surface area contributed by atoms with Gasteiger partial charge in [0.05, 0.1) is 11.5 Å². The van der Waals surface area contributed by atoms with Crippen LogP contribution < -0.4 is 5.32 Å². The molecular formula is C14H18N2O5. The normalized spacial score (nSPS) is 16.6. The average Bonchev–Trinajstić information content (AvgIpc) is 2.94. The number of carbonyl (C=O) groups is 1. The summed E-state index contributed by atoms with van der Waals surface area (Å²) in [5, 5.41) is 32.5. The molecule has 1 aromatic rings. The third kappa shape index (κ3) is 3.30. The molecule has 0 radical (unpaired) electrons. The number of carboxylic acid groups (broad SMARTS) is 1. The minimum Gasteiger partial charge on any atom is -0.477 e. The summed E-state index contributed by atoms with van der Waals surface area (Å²) in [6.45, 7) is 0.610. The van der Waals surface area contributed by atoms with Crippen LogP contribution in [0, 0.1) is 15.5 Å². The minimum atomic E-state index is -1.33. The number of anilines is 1. The molecule has 1 fully saturated rings. The number of carboxylic acids is 1. The van der Waals surface area contributed by atoms with Gasteiger partial charge < -0.3 is 15.5 Å². The fourth-order valence-electron chi connectivity index (χ4n) is 2.78. The predicted molar refractivity (Wildman–Crippen MR) is 76.5 cm³/mol. The van der Waals surface area contributed by atoms with E-state index in [-0.39, 0.29) is 17.6 Å². The maximum Gasteiger partial charge on any atom is 0.342 e.